The van der Waals surface area contributed by atoms with Gasteiger partial charge in [-0.05, 0) is 31.2 Å². The van der Waals surface area contributed by atoms with Crippen LogP contribution in [-0.4, -0.2) is 61.9 Å². The quantitative estimate of drug-likeness (QED) is 0.659. The average molecular weight is 389 g/mol. The molecule has 1 aliphatic rings. The first-order valence-corrected chi connectivity index (χ1v) is 9.17. The summed E-state index contributed by atoms with van der Waals surface area (Å²) in [6.07, 6.45) is 0. The van der Waals surface area contributed by atoms with Gasteiger partial charge in [-0.2, -0.15) is 0 Å². The Bertz CT molecular complexity index is 782. The van der Waals surface area contributed by atoms with E-state index in [1.54, 1.807) is 0 Å². The molecule has 28 heavy (non-hydrogen) atoms. The molecule has 3 rings (SSSR count). The van der Waals surface area contributed by atoms with E-state index < -0.39 is 0 Å². The molecule has 9 heteroatoms. The summed E-state index contributed by atoms with van der Waals surface area (Å²) < 4.78 is 23.5. The highest BCUT2D eigenvalue weighted by molar-refractivity contribution is 5.77. The topological polar surface area (TPSA) is 88.6 Å². The molecule has 2 heterocycles. The number of ether oxygens (including phenoxy) is 2. The standard InChI is InChI=1S/C19H24FN5O3/c1-14-23-17(12-18(24-14)25-8-10-27-11-9-25)21-6-7-22-19(26)13-28-16-4-2-15(20)3-5-16/h2-5,12H,6-11,13H2,1H3,(H,22,26)(H,21,23,24). The molecule has 2 aromatic rings. The van der Waals surface area contributed by atoms with Gasteiger partial charge >= 0.3 is 0 Å². The predicted molar refractivity (Wildman–Crippen MR) is 103 cm³/mol. The summed E-state index contributed by atoms with van der Waals surface area (Å²) in [4.78, 5) is 22.9. The van der Waals surface area contributed by atoms with Gasteiger partial charge in [-0.25, -0.2) is 14.4 Å². The van der Waals surface area contributed by atoms with E-state index in [0.717, 1.165) is 18.9 Å². The molecule has 1 amide bonds. The van der Waals surface area contributed by atoms with Crippen molar-refractivity contribution in [2.75, 3.05) is 56.2 Å². The highest BCUT2D eigenvalue weighted by Gasteiger charge is 2.14. The number of hydrogen-bond donors (Lipinski definition) is 2. The van der Waals surface area contributed by atoms with E-state index in [9.17, 15) is 9.18 Å². The lowest BCUT2D eigenvalue weighted by Gasteiger charge is -2.28. The number of morpholine rings is 1. The highest BCUT2D eigenvalue weighted by atomic mass is 19.1. The van der Waals surface area contributed by atoms with Gasteiger partial charge in [0.05, 0.1) is 13.2 Å². The number of aromatic nitrogens is 2. The number of amides is 1. The Morgan fingerprint density at radius 3 is 2.71 bits per heavy atom. The van der Waals surface area contributed by atoms with E-state index in [0.29, 0.717) is 43.7 Å². The maximum absolute atomic E-state index is 12.8. The molecule has 8 nitrogen and oxygen atoms in total. The van der Waals surface area contributed by atoms with Gasteiger partial charge in [-0.3, -0.25) is 4.79 Å². The van der Waals surface area contributed by atoms with Crippen molar-refractivity contribution in [2.24, 2.45) is 0 Å². The second-order valence-electron chi connectivity index (χ2n) is 6.28. The zero-order chi connectivity index (χ0) is 19.8. The molecular formula is C19H24FN5O3. The predicted octanol–water partition coefficient (Wildman–Crippen LogP) is 1.37. The number of benzene rings is 1. The molecule has 1 aliphatic heterocycles. The fraction of sp³-hybridized carbons (Fsp3) is 0.421. The third-order valence-corrected chi connectivity index (χ3v) is 4.10. The van der Waals surface area contributed by atoms with Crippen molar-refractivity contribution in [3.8, 4) is 5.75 Å². The number of carbonyl (C=O) groups is 1. The van der Waals surface area contributed by atoms with Crippen LogP contribution in [-0.2, 0) is 9.53 Å². The second kappa shape index (κ2) is 9.84. The lowest BCUT2D eigenvalue weighted by molar-refractivity contribution is -0.123. The SMILES string of the molecule is Cc1nc(NCCNC(=O)COc2ccc(F)cc2)cc(N2CCOCC2)n1. The zero-order valence-corrected chi connectivity index (χ0v) is 15.8. The van der Waals surface area contributed by atoms with E-state index >= 15 is 0 Å². The second-order valence-corrected chi connectivity index (χ2v) is 6.28. The van der Waals surface area contributed by atoms with Crippen LogP contribution in [0.5, 0.6) is 5.75 Å². The minimum atomic E-state index is -0.348. The van der Waals surface area contributed by atoms with Crippen LogP contribution in [0, 0.1) is 12.7 Å². The summed E-state index contributed by atoms with van der Waals surface area (Å²) in [5.74, 6) is 2.12. The van der Waals surface area contributed by atoms with Gasteiger partial charge in [0, 0.05) is 32.2 Å². The highest BCUT2D eigenvalue weighted by Crippen LogP contribution is 2.17. The van der Waals surface area contributed by atoms with Gasteiger partial charge in [0.2, 0.25) is 0 Å². The van der Waals surface area contributed by atoms with Gasteiger partial charge in [-0.1, -0.05) is 0 Å². The van der Waals surface area contributed by atoms with Crippen LogP contribution in [0.1, 0.15) is 5.82 Å². The number of hydrogen-bond acceptors (Lipinski definition) is 7. The van der Waals surface area contributed by atoms with Crippen LogP contribution in [0.25, 0.3) is 0 Å². The van der Waals surface area contributed by atoms with Gasteiger partial charge in [-0.15, -0.1) is 0 Å². The molecule has 1 aromatic carbocycles. The number of rotatable bonds is 8. The van der Waals surface area contributed by atoms with Crippen molar-refractivity contribution in [1.82, 2.24) is 15.3 Å². The van der Waals surface area contributed by atoms with E-state index in [1.165, 1.54) is 24.3 Å². The third kappa shape index (κ3) is 6.05. The molecule has 150 valence electrons. The minimum Gasteiger partial charge on any atom is -0.484 e. The van der Waals surface area contributed by atoms with Crippen molar-refractivity contribution in [1.29, 1.82) is 0 Å². The summed E-state index contributed by atoms with van der Waals surface area (Å²) in [6, 6.07) is 7.43. The molecule has 0 saturated carbocycles. The van der Waals surface area contributed by atoms with Crippen molar-refractivity contribution in [3.63, 3.8) is 0 Å². The third-order valence-electron chi connectivity index (χ3n) is 4.10. The van der Waals surface area contributed by atoms with Crippen molar-refractivity contribution in [2.45, 2.75) is 6.92 Å². The number of aryl methyl sites for hydroxylation is 1. The van der Waals surface area contributed by atoms with Crippen LogP contribution >= 0.6 is 0 Å². The van der Waals surface area contributed by atoms with Crippen LogP contribution in [0.2, 0.25) is 0 Å². The van der Waals surface area contributed by atoms with E-state index in [2.05, 4.69) is 25.5 Å². The normalized spacial score (nSPS) is 13.9. The van der Waals surface area contributed by atoms with Gasteiger partial charge in [0.1, 0.15) is 29.0 Å². The van der Waals surface area contributed by atoms with E-state index in [1.807, 2.05) is 13.0 Å². The maximum atomic E-state index is 12.8. The first-order valence-electron chi connectivity index (χ1n) is 9.17. The number of halogens is 1. The Hall–Kier alpha value is -2.94. The van der Waals surface area contributed by atoms with Crippen LogP contribution < -0.4 is 20.3 Å². The number of carbonyl (C=O) groups excluding carboxylic acids is 1. The summed E-state index contributed by atoms with van der Waals surface area (Å²) in [7, 11) is 0. The average Bonchev–Trinajstić information content (AvgIpc) is 2.71. The first-order chi connectivity index (χ1) is 13.6. The summed E-state index contributed by atoms with van der Waals surface area (Å²) >= 11 is 0. The molecule has 1 aromatic heterocycles. The van der Waals surface area contributed by atoms with Crippen LogP contribution in [0.4, 0.5) is 16.0 Å². The molecule has 0 aliphatic carbocycles. The monoisotopic (exact) mass is 389 g/mol. The fourth-order valence-corrected chi connectivity index (χ4v) is 2.72. The Kier molecular flexibility index (Phi) is 6.96. The Morgan fingerprint density at radius 1 is 1.21 bits per heavy atom. The summed E-state index contributed by atoms with van der Waals surface area (Å²) in [6.45, 7) is 5.65. The molecule has 0 radical (unpaired) electrons. The molecular weight excluding hydrogens is 365 g/mol. The Labute approximate surface area is 163 Å². The molecule has 0 unspecified atom stereocenters. The minimum absolute atomic E-state index is 0.126. The van der Waals surface area contributed by atoms with Gasteiger partial charge in [0.15, 0.2) is 6.61 Å². The fourth-order valence-electron chi connectivity index (χ4n) is 2.72. The van der Waals surface area contributed by atoms with Crippen LogP contribution in [0.15, 0.2) is 30.3 Å². The van der Waals surface area contributed by atoms with Crippen molar-refractivity contribution < 1.29 is 18.7 Å². The van der Waals surface area contributed by atoms with E-state index in [4.69, 9.17) is 9.47 Å². The maximum Gasteiger partial charge on any atom is 0.258 e. The molecule has 0 spiro atoms. The summed E-state index contributed by atoms with van der Waals surface area (Å²) in [5, 5.41) is 5.95. The molecule has 2 N–H and O–H groups in total. The lowest BCUT2D eigenvalue weighted by atomic mass is 10.3. The Balaban J connectivity index is 1.40. The lowest BCUT2D eigenvalue weighted by Crippen LogP contribution is -2.37. The molecule has 1 saturated heterocycles. The molecule has 0 atom stereocenters. The zero-order valence-electron chi connectivity index (χ0n) is 15.8. The number of nitrogens with zero attached hydrogens (tertiary/aromatic N) is 3. The first kappa shape index (κ1) is 19.8. The molecule has 0 bridgehead atoms. The largest absolute Gasteiger partial charge is 0.484 e. The van der Waals surface area contributed by atoms with Gasteiger partial charge < -0.3 is 25.0 Å². The number of nitrogens with one attached hydrogen (secondary N) is 2. The van der Waals surface area contributed by atoms with Crippen molar-refractivity contribution >= 4 is 17.5 Å². The van der Waals surface area contributed by atoms with Crippen LogP contribution in [0.3, 0.4) is 0 Å². The number of anilines is 2. The summed E-state index contributed by atoms with van der Waals surface area (Å²) in [5.41, 5.74) is 0. The Morgan fingerprint density at radius 2 is 1.96 bits per heavy atom. The van der Waals surface area contributed by atoms with Gasteiger partial charge in [0.25, 0.3) is 5.91 Å². The van der Waals surface area contributed by atoms with Crippen molar-refractivity contribution in [3.05, 3.63) is 42.0 Å². The van der Waals surface area contributed by atoms with E-state index in [-0.39, 0.29) is 18.3 Å². The molecule has 1 fully saturated rings. The smallest absolute Gasteiger partial charge is 0.258 e.